The smallest absolute Gasteiger partial charge is 0.244 e. The molecular weight excluding hydrogens is 373 g/mol. The summed E-state index contributed by atoms with van der Waals surface area (Å²) in [5.41, 5.74) is 0.388. The molecule has 0 saturated carbocycles. The predicted octanol–water partition coefficient (Wildman–Crippen LogP) is 3.70. The summed E-state index contributed by atoms with van der Waals surface area (Å²) in [4.78, 5) is 26.6. The third kappa shape index (κ3) is 4.70. The number of amides is 2. The zero-order chi connectivity index (χ0) is 18.7. The van der Waals surface area contributed by atoms with Crippen molar-refractivity contribution in [3.63, 3.8) is 0 Å². The highest BCUT2D eigenvalue weighted by molar-refractivity contribution is 6.39. The average molecular weight is 398 g/mol. The van der Waals surface area contributed by atoms with E-state index in [1.165, 1.54) is 12.8 Å². The van der Waals surface area contributed by atoms with Gasteiger partial charge >= 0.3 is 0 Å². The zero-order valence-corrected chi connectivity index (χ0v) is 16.4. The Labute approximate surface area is 164 Å². The Morgan fingerprint density at radius 1 is 1.19 bits per heavy atom. The minimum Gasteiger partial charge on any atom is -0.334 e. The Balaban J connectivity index is 1.54. The average Bonchev–Trinajstić information content (AvgIpc) is 2.94. The maximum absolute atomic E-state index is 12.7. The Bertz CT molecular complexity index is 650. The van der Waals surface area contributed by atoms with Crippen LogP contribution in [0.2, 0.25) is 10.0 Å². The first kappa shape index (κ1) is 19.5. The minimum absolute atomic E-state index is 0.00864. The van der Waals surface area contributed by atoms with Gasteiger partial charge in [0.1, 0.15) is 0 Å². The largest absolute Gasteiger partial charge is 0.334 e. The van der Waals surface area contributed by atoms with Crippen LogP contribution in [0.3, 0.4) is 0 Å². The van der Waals surface area contributed by atoms with E-state index in [4.69, 9.17) is 23.2 Å². The van der Waals surface area contributed by atoms with E-state index in [2.05, 4.69) is 10.6 Å². The molecule has 1 aromatic rings. The highest BCUT2D eigenvalue weighted by atomic mass is 35.5. The predicted molar refractivity (Wildman–Crippen MR) is 105 cm³/mol. The first-order valence-corrected chi connectivity index (χ1v) is 9.99. The topological polar surface area (TPSA) is 61.4 Å². The fourth-order valence-electron chi connectivity index (χ4n) is 4.06. The Morgan fingerprint density at radius 2 is 1.81 bits per heavy atom. The number of nitrogens with one attached hydrogen (secondary N) is 2. The quantitative estimate of drug-likeness (QED) is 0.768. The van der Waals surface area contributed by atoms with Gasteiger partial charge in [0.05, 0.1) is 22.3 Å². The summed E-state index contributed by atoms with van der Waals surface area (Å²) in [7, 11) is 0. The van der Waals surface area contributed by atoms with Crippen LogP contribution in [0.1, 0.15) is 39.0 Å². The molecule has 2 aliphatic rings. The van der Waals surface area contributed by atoms with Gasteiger partial charge in [-0.15, -0.1) is 0 Å². The summed E-state index contributed by atoms with van der Waals surface area (Å²) < 4.78 is 0. The summed E-state index contributed by atoms with van der Waals surface area (Å²) in [5, 5.41) is 7.07. The van der Waals surface area contributed by atoms with Crippen molar-refractivity contribution in [1.82, 2.24) is 10.2 Å². The third-order valence-corrected chi connectivity index (χ3v) is 5.96. The number of piperidine rings is 1. The van der Waals surface area contributed by atoms with E-state index in [9.17, 15) is 9.59 Å². The Kier molecular flexibility index (Phi) is 6.43. The van der Waals surface area contributed by atoms with E-state index in [1.54, 1.807) is 23.1 Å². The maximum Gasteiger partial charge on any atom is 0.244 e. The Morgan fingerprint density at radius 3 is 2.38 bits per heavy atom. The van der Waals surface area contributed by atoms with Crippen LogP contribution < -0.4 is 10.6 Å². The van der Waals surface area contributed by atoms with E-state index in [0.717, 1.165) is 12.8 Å². The molecular formula is C19H25Cl2N3O2. The van der Waals surface area contributed by atoms with Crippen LogP contribution in [0.25, 0.3) is 0 Å². The molecule has 1 aromatic carbocycles. The molecule has 0 aromatic heterocycles. The molecule has 5 nitrogen and oxygen atoms in total. The number of likely N-dealkylation sites (N-methyl/N-ethyl adjacent to an activating group) is 1. The molecule has 26 heavy (non-hydrogen) atoms. The second-order valence-corrected chi connectivity index (χ2v) is 8.05. The first-order valence-electron chi connectivity index (χ1n) is 9.24. The van der Waals surface area contributed by atoms with Crippen LogP contribution in [0, 0.1) is 5.92 Å². The number of hydrogen-bond acceptors (Lipinski definition) is 3. The van der Waals surface area contributed by atoms with Crippen LogP contribution in [-0.4, -0.2) is 41.9 Å². The molecule has 142 valence electrons. The number of carbonyl (C=O) groups is 2. The fourth-order valence-corrected chi connectivity index (χ4v) is 4.56. The van der Waals surface area contributed by atoms with Crippen LogP contribution in [0.5, 0.6) is 0 Å². The van der Waals surface area contributed by atoms with E-state index in [1.807, 2.05) is 6.92 Å². The molecule has 2 unspecified atom stereocenters. The van der Waals surface area contributed by atoms with Crippen LogP contribution in [-0.2, 0) is 9.59 Å². The lowest BCUT2D eigenvalue weighted by Crippen LogP contribution is -2.42. The van der Waals surface area contributed by atoms with Crippen molar-refractivity contribution in [3.05, 3.63) is 28.2 Å². The van der Waals surface area contributed by atoms with Crippen molar-refractivity contribution in [2.75, 3.05) is 18.4 Å². The number of nitrogens with zero attached hydrogens (tertiary/aromatic N) is 1. The van der Waals surface area contributed by atoms with Crippen LogP contribution >= 0.6 is 23.2 Å². The van der Waals surface area contributed by atoms with Gasteiger partial charge in [0.15, 0.2) is 0 Å². The number of fused-ring (bicyclic) bond motifs is 2. The molecule has 7 heteroatoms. The number of halogens is 2. The van der Waals surface area contributed by atoms with Gasteiger partial charge in [0, 0.05) is 25.0 Å². The van der Waals surface area contributed by atoms with Gasteiger partial charge in [-0.25, -0.2) is 0 Å². The molecule has 2 saturated heterocycles. The van der Waals surface area contributed by atoms with Crippen molar-refractivity contribution in [3.8, 4) is 0 Å². The highest BCUT2D eigenvalue weighted by Crippen LogP contribution is 2.33. The summed E-state index contributed by atoms with van der Waals surface area (Å²) in [5.74, 6) is 0.163. The number of carbonyl (C=O) groups excluding carboxylic acids is 2. The lowest BCUT2D eigenvalue weighted by molar-refractivity contribution is -0.135. The van der Waals surface area contributed by atoms with Crippen molar-refractivity contribution >= 4 is 40.7 Å². The lowest BCUT2D eigenvalue weighted by atomic mass is 9.89. The monoisotopic (exact) mass is 397 g/mol. The van der Waals surface area contributed by atoms with Gasteiger partial charge in [-0.1, -0.05) is 29.3 Å². The summed E-state index contributed by atoms with van der Waals surface area (Å²) >= 11 is 12.2. The van der Waals surface area contributed by atoms with Gasteiger partial charge < -0.3 is 15.5 Å². The minimum atomic E-state index is -0.291. The van der Waals surface area contributed by atoms with E-state index in [0.29, 0.717) is 46.7 Å². The van der Waals surface area contributed by atoms with Crippen LogP contribution in [0.4, 0.5) is 5.69 Å². The van der Waals surface area contributed by atoms with Crippen molar-refractivity contribution < 1.29 is 9.59 Å². The molecule has 2 heterocycles. The second kappa shape index (κ2) is 8.59. The standard InChI is InChI=1S/C19H25Cl2N3O2/c1-2-24(11-17(25)23-19-15(20)4-3-5-16(19)21)18(26)10-12-8-13-6-7-14(9-12)22-13/h3-5,12-14,22H,2,6-11H2,1H3,(H,23,25). The first-order chi connectivity index (χ1) is 12.5. The molecule has 2 aliphatic heterocycles. The Hall–Kier alpha value is -1.30. The molecule has 2 amide bonds. The van der Waals surface area contributed by atoms with Crippen molar-refractivity contribution in [1.29, 1.82) is 0 Å². The fraction of sp³-hybridized carbons (Fsp3) is 0.579. The van der Waals surface area contributed by atoms with Gasteiger partial charge in [-0.2, -0.15) is 0 Å². The van der Waals surface area contributed by atoms with Gasteiger partial charge in [-0.3, -0.25) is 9.59 Å². The van der Waals surface area contributed by atoms with Crippen LogP contribution in [0.15, 0.2) is 18.2 Å². The number of hydrogen-bond donors (Lipinski definition) is 2. The molecule has 0 spiro atoms. The summed E-state index contributed by atoms with van der Waals surface area (Å²) in [6, 6.07) is 6.17. The highest BCUT2D eigenvalue weighted by Gasteiger charge is 2.34. The SMILES string of the molecule is CCN(CC(=O)Nc1c(Cl)cccc1Cl)C(=O)CC1CC2CCC(C1)N2. The number of rotatable bonds is 6. The van der Waals surface area contributed by atoms with Gasteiger partial charge in [-0.05, 0) is 50.7 Å². The van der Waals surface area contributed by atoms with E-state index in [-0.39, 0.29) is 18.4 Å². The van der Waals surface area contributed by atoms with Gasteiger partial charge in [0.25, 0.3) is 0 Å². The third-order valence-electron chi connectivity index (χ3n) is 5.33. The molecule has 2 bridgehead atoms. The lowest BCUT2D eigenvalue weighted by Gasteiger charge is -2.30. The summed E-state index contributed by atoms with van der Waals surface area (Å²) in [6.07, 6.45) is 5.06. The second-order valence-electron chi connectivity index (χ2n) is 7.23. The molecule has 0 aliphatic carbocycles. The van der Waals surface area contributed by atoms with Crippen molar-refractivity contribution in [2.24, 2.45) is 5.92 Å². The van der Waals surface area contributed by atoms with E-state index < -0.39 is 0 Å². The molecule has 2 atom stereocenters. The zero-order valence-electron chi connectivity index (χ0n) is 14.9. The molecule has 0 radical (unpaired) electrons. The van der Waals surface area contributed by atoms with Crippen molar-refractivity contribution in [2.45, 2.75) is 51.1 Å². The molecule has 2 N–H and O–H groups in total. The normalized spacial score (nSPS) is 24.3. The maximum atomic E-state index is 12.7. The number of benzene rings is 1. The van der Waals surface area contributed by atoms with Gasteiger partial charge in [0.2, 0.25) is 11.8 Å². The summed E-state index contributed by atoms with van der Waals surface area (Å²) in [6.45, 7) is 2.40. The molecule has 3 rings (SSSR count). The van der Waals surface area contributed by atoms with E-state index >= 15 is 0 Å². The molecule has 2 fully saturated rings. The number of anilines is 1. The number of para-hydroxylation sites is 1.